The van der Waals surface area contributed by atoms with Gasteiger partial charge >= 0.3 is 36.9 Å². The second kappa shape index (κ2) is 21.5. The number of alkyl halides is 12. The number of carbonyl (C=O) groups excluding carboxylic acids is 4. The van der Waals surface area contributed by atoms with Crippen LogP contribution in [0, 0.1) is 0 Å². The minimum Gasteiger partial charge on any atom is -0.493 e. The molecular formula is C48H46F12N2O10. The third kappa shape index (κ3) is 11.9. The predicted molar refractivity (Wildman–Crippen MR) is 233 cm³/mol. The molecule has 2 aliphatic heterocycles. The van der Waals surface area contributed by atoms with Crippen molar-refractivity contribution in [2.75, 3.05) is 51.5 Å². The van der Waals surface area contributed by atoms with Crippen LogP contribution in [0.4, 0.5) is 73.6 Å². The molecule has 0 aromatic heterocycles. The molecule has 2 amide bonds. The van der Waals surface area contributed by atoms with Crippen molar-refractivity contribution in [3.63, 3.8) is 0 Å². The molecule has 4 atom stereocenters. The molecule has 0 N–H and O–H groups in total. The van der Waals surface area contributed by atoms with Gasteiger partial charge in [-0.25, -0.2) is 9.59 Å². The van der Waals surface area contributed by atoms with E-state index in [4.69, 9.17) is 28.4 Å². The Hall–Kier alpha value is -6.88. The van der Waals surface area contributed by atoms with Gasteiger partial charge in [0.2, 0.25) is 0 Å². The number of anilines is 2. The van der Waals surface area contributed by atoms with Gasteiger partial charge in [0, 0.05) is 35.3 Å². The van der Waals surface area contributed by atoms with Gasteiger partial charge in [-0.15, -0.1) is 0 Å². The van der Waals surface area contributed by atoms with E-state index in [1.807, 2.05) is 0 Å². The maximum Gasteiger partial charge on any atom is 0.416 e. The van der Waals surface area contributed by atoms with E-state index >= 15 is 0 Å². The maximum absolute atomic E-state index is 13.5. The lowest BCUT2D eigenvalue weighted by Crippen LogP contribution is -2.44. The average molecular weight is 1040 g/mol. The fourth-order valence-electron chi connectivity index (χ4n) is 8.40. The van der Waals surface area contributed by atoms with Crippen molar-refractivity contribution in [2.24, 2.45) is 0 Å². The summed E-state index contributed by atoms with van der Waals surface area (Å²) in [4.78, 5) is 54.8. The summed E-state index contributed by atoms with van der Waals surface area (Å²) in [5, 5.41) is 0. The number of rotatable bonds is 10. The van der Waals surface area contributed by atoms with Crippen LogP contribution in [0.3, 0.4) is 0 Å². The fourth-order valence-corrected chi connectivity index (χ4v) is 8.40. The standard InChI is InChI=1S/2C24H23F6NO5/c2*1-5-36-22(33)31-12(2)6-17(16-10-19(34-3)20(35-4)11-18(16)31)21(32)13-7-14(23(25,26)27)9-15(8-13)24(28,29)30/h2*7-12,17H,5-6H2,1-4H3/t2*12-,17+/m10/s1. The van der Waals surface area contributed by atoms with Crippen molar-refractivity contribution < 1.29 is 100 Å². The van der Waals surface area contributed by atoms with Crippen LogP contribution in [0.25, 0.3) is 0 Å². The van der Waals surface area contributed by atoms with Crippen molar-refractivity contribution in [1.82, 2.24) is 0 Å². The van der Waals surface area contributed by atoms with Gasteiger partial charge < -0.3 is 28.4 Å². The number of ketones is 2. The van der Waals surface area contributed by atoms with E-state index in [2.05, 4.69) is 0 Å². The van der Waals surface area contributed by atoms with E-state index in [1.165, 1.54) is 62.5 Å². The number of benzene rings is 4. The molecule has 2 aliphatic rings. The van der Waals surface area contributed by atoms with Crippen LogP contribution in [0.15, 0.2) is 60.7 Å². The zero-order valence-electron chi connectivity index (χ0n) is 39.4. The third-order valence-corrected chi connectivity index (χ3v) is 11.7. The minimum absolute atomic E-state index is 0.0371. The highest BCUT2D eigenvalue weighted by Crippen LogP contribution is 2.49. The molecule has 4 aromatic carbocycles. The molecule has 0 saturated heterocycles. The van der Waals surface area contributed by atoms with Gasteiger partial charge in [0.05, 0.1) is 87.1 Å². The van der Waals surface area contributed by atoms with Crippen LogP contribution >= 0.6 is 0 Å². The molecule has 4 aromatic rings. The number of halogens is 12. The van der Waals surface area contributed by atoms with E-state index in [-0.39, 0.29) is 83.7 Å². The largest absolute Gasteiger partial charge is 0.493 e. The van der Waals surface area contributed by atoms with Crippen molar-refractivity contribution in [3.8, 4) is 23.0 Å². The Kier molecular flexibility index (Phi) is 16.7. The zero-order valence-corrected chi connectivity index (χ0v) is 39.4. The van der Waals surface area contributed by atoms with Crippen molar-refractivity contribution in [2.45, 2.75) is 89.2 Å². The number of hydrogen-bond acceptors (Lipinski definition) is 10. The summed E-state index contributed by atoms with van der Waals surface area (Å²) in [6, 6.07) is 5.76. The van der Waals surface area contributed by atoms with Crippen molar-refractivity contribution in [3.05, 3.63) is 105 Å². The number of fused-ring (bicyclic) bond motifs is 2. The van der Waals surface area contributed by atoms with Gasteiger partial charge in [0.25, 0.3) is 0 Å². The molecule has 0 spiro atoms. The van der Waals surface area contributed by atoms with Gasteiger partial charge in [-0.1, -0.05) is 0 Å². The molecule has 392 valence electrons. The number of amides is 2. The smallest absolute Gasteiger partial charge is 0.416 e. The maximum atomic E-state index is 13.5. The van der Waals surface area contributed by atoms with Crippen LogP contribution in [0.2, 0.25) is 0 Å². The van der Waals surface area contributed by atoms with Crippen LogP contribution in [-0.2, 0) is 34.2 Å². The van der Waals surface area contributed by atoms with Crippen LogP contribution in [0.1, 0.15) is 106 Å². The average Bonchev–Trinajstić information content (AvgIpc) is 3.30. The van der Waals surface area contributed by atoms with E-state index in [0.29, 0.717) is 24.3 Å². The Balaban J connectivity index is 0.000000267. The second-order valence-corrected chi connectivity index (χ2v) is 16.3. The number of nitrogens with zero attached hydrogens (tertiary/aromatic N) is 2. The predicted octanol–water partition coefficient (Wildman–Crippen LogP) is 12.9. The molecule has 0 bridgehead atoms. The van der Waals surface area contributed by atoms with Crippen molar-refractivity contribution >= 4 is 35.1 Å². The molecule has 0 aliphatic carbocycles. The molecule has 0 unspecified atom stereocenters. The van der Waals surface area contributed by atoms with Crippen LogP contribution in [-0.4, -0.2) is 77.5 Å². The van der Waals surface area contributed by atoms with Gasteiger partial charge in [-0.05, 0) is 100 Å². The first kappa shape index (κ1) is 56.0. The second-order valence-electron chi connectivity index (χ2n) is 16.3. The monoisotopic (exact) mass is 1040 g/mol. The number of carbonyl (C=O) groups is 4. The summed E-state index contributed by atoms with van der Waals surface area (Å²) < 4.78 is 192. The molecule has 0 saturated carbocycles. The summed E-state index contributed by atoms with van der Waals surface area (Å²) in [5.41, 5.74) is -7.17. The normalized spacial score (nSPS) is 17.9. The third-order valence-electron chi connectivity index (χ3n) is 11.7. The summed E-state index contributed by atoms with van der Waals surface area (Å²) in [6.07, 6.45) is -22.1. The highest BCUT2D eigenvalue weighted by atomic mass is 19.4. The summed E-state index contributed by atoms with van der Waals surface area (Å²) in [7, 11) is 5.32. The number of Topliss-reactive ketones (excluding diaryl/α,β-unsaturated/α-hetero) is 2. The van der Waals surface area contributed by atoms with E-state index in [9.17, 15) is 71.9 Å². The highest BCUT2D eigenvalue weighted by molar-refractivity contribution is 6.05. The van der Waals surface area contributed by atoms with Gasteiger partial charge in [0.15, 0.2) is 34.6 Å². The Labute approximate surface area is 403 Å². The van der Waals surface area contributed by atoms with Crippen molar-refractivity contribution in [1.29, 1.82) is 0 Å². The number of methoxy groups -OCH3 is 4. The van der Waals surface area contributed by atoms with Gasteiger partial charge in [-0.2, -0.15) is 52.7 Å². The topological polar surface area (TPSA) is 130 Å². The van der Waals surface area contributed by atoms with E-state index in [0.717, 1.165) is 0 Å². The molecule has 2 heterocycles. The van der Waals surface area contributed by atoms with E-state index < -0.39 is 106 Å². The molecule has 0 radical (unpaired) electrons. The quantitative estimate of drug-likeness (QED) is 0.112. The Morgan fingerprint density at radius 2 is 0.722 bits per heavy atom. The first-order valence-electron chi connectivity index (χ1n) is 21.6. The Morgan fingerprint density at radius 1 is 0.458 bits per heavy atom. The zero-order chi connectivity index (χ0) is 54.0. The number of hydrogen-bond donors (Lipinski definition) is 0. The summed E-state index contributed by atoms with van der Waals surface area (Å²) >= 11 is 0. The van der Waals surface area contributed by atoms with Gasteiger partial charge in [-0.3, -0.25) is 19.4 Å². The highest BCUT2D eigenvalue weighted by Gasteiger charge is 2.44. The minimum atomic E-state index is -5.11. The SMILES string of the molecule is CCOC(=O)N1c2cc(OC)c(OC)cc2[C@@H](C(=O)c2cc(C(F)(F)F)cc(C(F)(F)F)c2)C[C@H]1C.CCOC(=O)N1c2cc(OC)c(OC)cc2[C@H](C(=O)c2cc(C(F)(F)F)cc(C(F)(F)F)c2)C[C@@H]1C. The molecule has 6 rings (SSSR count). The Bertz CT molecular complexity index is 2440. The van der Waals surface area contributed by atoms with Crippen LogP contribution < -0.4 is 28.7 Å². The lowest BCUT2D eigenvalue weighted by atomic mass is 9.80. The molecule has 12 nitrogen and oxygen atoms in total. The summed E-state index contributed by atoms with van der Waals surface area (Å²) in [5.74, 6) is -3.56. The summed E-state index contributed by atoms with van der Waals surface area (Å²) in [6.45, 7) is 6.48. The first-order chi connectivity index (χ1) is 33.4. The number of ether oxygens (including phenoxy) is 6. The Morgan fingerprint density at radius 3 is 0.958 bits per heavy atom. The molecule has 24 heteroatoms. The van der Waals surface area contributed by atoms with E-state index in [1.54, 1.807) is 27.7 Å². The van der Waals surface area contributed by atoms with Crippen LogP contribution in [0.5, 0.6) is 23.0 Å². The molecule has 72 heavy (non-hydrogen) atoms. The first-order valence-corrected chi connectivity index (χ1v) is 21.6. The van der Waals surface area contributed by atoms with Gasteiger partial charge in [0.1, 0.15) is 0 Å². The molecular weight excluding hydrogens is 993 g/mol. The molecule has 0 fully saturated rings. The fraction of sp³-hybridized carbons (Fsp3) is 0.417. The lowest BCUT2D eigenvalue weighted by molar-refractivity contribution is -0.144. The lowest BCUT2D eigenvalue weighted by Gasteiger charge is -2.38.